The van der Waals surface area contributed by atoms with Crippen molar-refractivity contribution in [2.75, 3.05) is 11.1 Å². The number of carbonyl (C=O) groups excluding carboxylic acids is 1. The summed E-state index contributed by atoms with van der Waals surface area (Å²) in [5.74, 6) is -1.34. The summed E-state index contributed by atoms with van der Waals surface area (Å²) in [5, 5.41) is 12.5. The molecule has 0 aliphatic rings. The first-order valence-corrected chi connectivity index (χ1v) is 11.1. The zero-order valence-electron chi connectivity index (χ0n) is 15.3. The van der Waals surface area contributed by atoms with Crippen LogP contribution in [0, 0.1) is 6.92 Å². The Morgan fingerprint density at radius 2 is 1.50 bits per heavy atom. The number of rotatable bonds is 4. The quantitative estimate of drug-likeness (QED) is 0.292. The Kier molecular flexibility index (Phi) is 5.20. The topological polar surface area (TPSA) is 184 Å². The average Bonchev–Trinajstić information content (AvgIpc) is 2.61. The van der Waals surface area contributed by atoms with Crippen molar-refractivity contribution in [1.29, 1.82) is 0 Å². The second kappa shape index (κ2) is 7.25. The van der Waals surface area contributed by atoms with E-state index in [4.69, 9.17) is 5.73 Å². The molecule has 0 saturated heterocycles. The van der Waals surface area contributed by atoms with Crippen LogP contribution in [0.5, 0.6) is 5.75 Å². The van der Waals surface area contributed by atoms with E-state index < -0.39 is 41.7 Å². The van der Waals surface area contributed by atoms with Gasteiger partial charge in [0.15, 0.2) is 0 Å². The molecule has 1 amide bonds. The third kappa shape index (κ3) is 4.21. The summed E-state index contributed by atoms with van der Waals surface area (Å²) in [5.41, 5.74) is 6.53. The molecule has 0 bridgehead atoms. The van der Waals surface area contributed by atoms with Gasteiger partial charge in [-0.25, -0.2) is 0 Å². The number of carbonyl (C=O) groups is 1. The normalized spacial score (nSPS) is 12.1. The predicted octanol–water partition coefficient (Wildman–Crippen LogP) is 2.18. The van der Waals surface area contributed by atoms with Crippen LogP contribution in [-0.4, -0.2) is 37.0 Å². The third-order valence-corrected chi connectivity index (χ3v) is 5.99. The van der Waals surface area contributed by atoms with Crippen LogP contribution in [0.3, 0.4) is 0 Å². The molecule has 30 heavy (non-hydrogen) atoms. The summed E-state index contributed by atoms with van der Waals surface area (Å²) in [4.78, 5) is 11.4. The summed E-state index contributed by atoms with van der Waals surface area (Å²) in [6.07, 6.45) is 0. The molecule has 0 fully saturated rings. The van der Waals surface area contributed by atoms with Gasteiger partial charge in [0.1, 0.15) is 5.75 Å². The Labute approximate surface area is 171 Å². The van der Waals surface area contributed by atoms with E-state index in [0.717, 1.165) is 24.3 Å². The minimum Gasteiger partial charge on any atom is -0.507 e. The van der Waals surface area contributed by atoms with Crippen LogP contribution >= 0.6 is 0 Å². The number of aryl methyl sites for hydroxylation is 1. The second-order valence-corrected chi connectivity index (χ2v) is 9.33. The Morgan fingerprint density at radius 1 is 0.933 bits per heavy atom. The van der Waals surface area contributed by atoms with Gasteiger partial charge in [-0.2, -0.15) is 16.8 Å². The van der Waals surface area contributed by atoms with Crippen molar-refractivity contribution in [3.05, 3.63) is 53.6 Å². The van der Waals surface area contributed by atoms with E-state index in [-0.39, 0.29) is 22.0 Å². The maximum atomic E-state index is 12.7. The fraction of sp³-hybridized carbons (Fsp3) is 0.0556. The van der Waals surface area contributed by atoms with Crippen molar-refractivity contribution < 1.29 is 35.8 Å². The summed E-state index contributed by atoms with van der Waals surface area (Å²) in [6, 6.07) is 8.02. The summed E-state index contributed by atoms with van der Waals surface area (Å²) in [6.45, 7) is 1.65. The van der Waals surface area contributed by atoms with Crippen LogP contribution in [0.25, 0.3) is 10.8 Å². The lowest BCUT2D eigenvalue weighted by atomic mass is 10.1. The molecule has 0 aliphatic heterocycles. The minimum atomic E-state index is -4.76. The second-order valence-electron chi connectivity index (χ2n) is 6.49. The van der Waals surface area contributed by atoms with E-state index in [1.165, 1.54) is 6.07 Å². The third-order valence-electron chi connectivity index (χ3n) is 4.33. The lowest BCUT2D eigenvalue weighted by molar-refractivity contribution is 0.102. The molecular weight excluding hydrogens is 436 g/mol. The standard InChI is InChI=1S/C18H16N2O8S2/c1-9-2-3-11(19)6-14(9)18(22)20-15-7-12(29(23,24)25)4-10-5-13(30(26,27)28)8-16(21)17(10)15/h2-8,21H,19H2,1H3,(H,20,22)(H,23,24,25)(H,26,27,28). The number of anilines is 2. The number of nitrogen functional groups attached to an aromatic ring is 1. The Bertz CT molecular complexity index is 1410. The first kappa shape index (κ1) is 21.5. The Hall–Kier alpha value is -3.19. The number of phenols is 1. The van der Waals surface area contributed by atoms with Gasteiger partial charge < -0.3 is 16.2 Å². The summed E-state index contributed by atoms with van der Waals surface area (Å²) in [7, 11) is -9.49. The molecule has 0 spiro atoms. The number of hydrogen-bond donors (Lipinski definition) is 5. The average molecular weight is 452 g/mol. The van der Waals surface area contributed by atoms with Crippen LogP contribution in [0.4, 0.5) is 11.4 Å². The van der Waals surface area contributed by atoms with Crippen molar-refractivity contribution >= 4 is 48.3 Å². The number of phenolic OH excluding ortho intramolecular Hbond substituents is 1. The van der Waals surface area contributed by atoms with Gasteiger partial charge in [0.25, 0.3) is 26.1 Å². The molecule has 0 radical (unpaired) electrons. The predicted molar refractivity (Wildman–Crippen MR) is 109 cm³/mol. The van der Waals surface area contributed by atoms with E-state index in [9.17, 15) is 35.8 Å². The van der Waals surface area contributed by atoms with E-state index in [1.807, 2.05) is 0 Å². The lowest BCUT2D eigenvalue weighted by Gasteiger charge is -2.14. The largest absolute Gasteiger partial charge is 0.507 e. The lowest BCUT2D eigenvalue weighted by Crippen LogP contribution is -2.15. The molecular formula is C18H16N2O8S2. The number of hydrogen-bond acceptors (Lipinski definition) is 7. The highest BCUT2D eigenvalue weighted by Crippen LogP contribution is 2.37. The molecule has 0 aromatic heterocycles. The molecule has 10 nitrogen and oxygen atoms in total. The number of nitrogens with one attached hydrogen (secondary N) is 1. The molecule has 0 unspecified atom stereocenters. The van der Waals surface area contributed by atoms with Crippen molar-refractivity contribution in [2.24, 2.45) is 0 Å². The molecule has 3 aromatic rings. The summed E-state index contributed by atoms with van der Waals surface area (Å²) < 4.78 is 64.8. The van der Waals surface area contributed by atoms with Gasteiger partial charge in [-0.1, -0.05) is 6.07 Å². The smallest absolute Gasteiger partial charge is 0.294 e. The Morgan fingerprint density at radius 3 is 2.07 bits per heavy atom. The molecule has 6 N–H and O–H groups in total. The van der Waals surface area contributed by atoms with Crippen molar-refractivity contribution in [3.63, 3.8) is 0 Å². The summed E-state index contributed by atoms with van der Waals surface area (Å²) >= 11 is 0. The molecule has 0 aliphatic carbocycles. The fourth-order valence-electron chi connectivity index (χ4n) is 2.91. The monoisotopic (exact) mass is 452 g/mol. The van der Waals surface area contributed by atoms with Crippen LogP contribution < -0.4 is 11.1 Å². The number of aromatic hydroxyl groups is 1. The van der Waals surface area contributed by atoms with Crippen LogP contribution in [0.15, 0.2) is 52.3 Å². The van der Waals surface area contributed by atoms with E-state index in [0.29, 0.717) is 11.3 Å². The number of nitrogens with two attached hydrogens (primary N) is 1. The van der Waals surface area contributed by atoms with Gasteiger partial charge in [-0.05, 0) is 48.2 Å². The zero-order valence-corrected chi connectivity index (χ0v) is 17.0. The van der Waals surface area contributed by atoms with Gasteiger partial charge in [-0.15, -0.1) is 0 Å². The minimum absolute atomic E-state index is 0.107. The van der Waals surface area contributed by atoms with Gasteiger partial charge >= 0.3 is 0 Å². The molecule has 0 heterocycles. The molecule has 0 saturated carbocycles. The first-order chi connectivity index (χ1) is 13.8. The van der Waals surface area contributed by atoms with Crippen molar-refractivity contribution in [3.8, 4) is 5.75 Å². The molecule has 158 valence electrons. The van der Waals surface area contributed by atoms with Crippen molar-refractivity contribution in [2.45, 2.75) is 16.7 Å². The molecule has 12 heteroatoms. The van der Waals surface area contributed by atoms with E-state index >= 15 is 0 Å². The Balaban J connectivity index is 2.27. The first-order valence-electron chi connectivity index (χ1n) is 8.20. The number of benzene rings is 3. The molecule has 3 aromatic carbocycles. The van der Waals surface area contributed by atoms with Crippen molar-refractivity contribution in [1.82, 2.24) is 0 Å². The highest BCUT2D eigenvalue weighted by atomic mass is 32.2. The number of fused-ring (bicyclic) bond motifs is 1. The molecule has 3 rings (SSSR count). The maximum Gasteiger partial charge on any atom is 0.294 e. The van der Waals surface area contributed by atoms with Crippen LogP contribution in [0.1, 0.15) is 15.9 Å². The van der Waals surface area contributed by atoms with E-state index in [2.05, 4.69) is 5.32 Å². The van der Waals surface area contributed by atoms with E-state index in [1.54, 1.807) is 19.1 Å². The number of amides is 1. The SMILES string of the molecule is Cc1ccc(N)cc1C(=O)Nc1cc(S(=O)(=O)O)cc2cc(S(=O)(=O)O)cc(O)c12. The highest BCUT2D eigenvalue weighted by Gasteiger charge is 2.21. The van der Waals surface area contributed by atoms with Crippen LogP contribution in [-0.2, 0) is 20.2 Å². The fourth-order valence-corrected chi connectivity index (χ4v) is 3.99. The van der Waals surface area contributed by atoms with Gasteiger partial charge in [-0.3, -0.25) is 13.9 Å². The van der Waals surface area contributed by atoms with Crippen LogP contribution in [0.2, 0.25) is 0 Å². The zero-order chi connectivity index (χ0) is 22.4. The maximum absolute atomic E-state index is 12.7. The van der Waals surface area contributed by atoms with Gasteiger partial charge in [0.05, 0.1) is 15.5 Å². The van der Waals surface area contributed by atoms with Gasteiger partial charge in [0, 0.05) is 22.7 Å². The molecule has 0 atom stereocenters. The van der Waals surface area contributed by atoms with Gasteiger partial charge in [0.2, 0.25) is 0 Å². The highest BCUT2D eigenvalue weighted by molar-refractivity contribution is 7.86.